The van der Waals surface area contributed by atoms with E-state index < -0.39 is 0 Å². The van der Waals surface area contributed by atoms with Crippen LogP contribution >= 0.6 is 0 Å². The van der Waals surface area contributed by atoms with Gasteiger partial charge in [0, 0.05) is 24.0 Å². The number of carbonyl (C=O) groups excluding carboxylic acids is 1. The maximum absolute atomic E-state index is 12.5. The molecule has 0 radical (unpaired) electrons. The minimum absolute atomic E-state index is 0.0350. The van der Waals surface area contributed by atoms with Crippen LogP contribution in [0, 0.1) is 12.8 Å². The van der Waals surface area contributed by atoms with E-state index in [2.05, 4.69) is 20.3 Å². The van der Waals surface area contributed by atoms with Crippen LogP contribution in [0.25, 0.3) is 0 Å². The summed E-state index contributed by atoms with van der Waals surface area (Å²) in [4.78, 5) is 25.6. The van der Waals surface area contributed by atoms with E-state index in [0.717, 1.165) is 30.1 Å². The van der Waals surface area contributed by atoms with Crippen LogP contribution in [0.2, 0.25) is 0 Å². The van der Waals surface area contributed by atoms with Crippen LogP contribution in [0.5, 0.6) is 0 Å². The average molecular weight is 310 g/mol. The lowest BCUT2D eigenvalue weighted by Crippen LogP contribution is -2.30. The smallest absolute Gasteiger partial charge is 0.254 e. The van der Waals surface area contributed by atoms with Crippen LogP contribution in [0.3, 0.4) is 0 Å². The molecule has 1 aliphatic rings. The van der Waals surface area contributed by atoms with Gasteiger partial charge >= 0.3 is 0 Å². The Hall–Kier alpha value is -2.30. The summed E-state index contributed by atoms with van der Waals surface area (Å²) in [5, 5.41) is 3.11. The molecule has 1 amide bonds. The van der Waals surface area contributed by atoms with Gasteiger partial charge in [0.15, 0.2) is 0 Å². The number of carbonyl (C=O) groups is 1. The van der Waals surface area contributed by atoms with Crippen molar-refractivity contribution in [1.82, 2.24) is 20.3 Å². The largest absolute Gasteiger partial charge is 0.343 e. The van der Waals surface area contributed by atoms with Crippen LogP contribution in [-0.4, -0.2) is 20.9 Å². The number of rotatable bonds is 5. The van der Waals surface area contributed by atoms with E-state index in [0.29, 0.717) is 11.5 Å². The molecule has 5 nitrogen and oxygen atoms in total. The molecule has 0 saturated heterocycles. The number of nitrogens with zero attached hydrogens (tertiary/aromatic N) is 3. The molecule has 1 aliphatic carbocycles. The first kappa shape index (κ1) is 15.6. The second-order valence-corrected chi connectivity index (χ2v) is 6.48. The lowest BCUT2D eigenvalue weighted by atomic mass is 10.1. The molecular formula is C18H22N4O. The quantitative estimate of drug-likeness (QED) is 0.921. The number of amides is 1. The lowest BCUT2D eigenvalue weighted by Gasteiger charge is -2.18. The van der Waals surface area contributed by atoms with Gasteiger partial charge in [0.1, 0.15) is 5.82 Å². The molecule has 2 aromatic rings. The van der Waals surface area contributed by atoms with E-state index in [1.54, 1.807) is 12.4 Å². The molecule has 3 rings (SSSR count). The van der Waals surface area contributed by atoms with Gasteiger partial charge in [-0.2, -0.15) is 0 Å². The van der Waals surface area contributed by atoms with E-state index in [4.69, 9.17) is 0 Å². The molecule has 120 valence electrons. The third-order valence-electron chi connectivity index (χ3n) is 4.06. The Morgan fingerprint density at radius 3 is 2.48 bits per heavy atom. The predicted octanol–water partition coefficient (Wildman–Crippen LogP) is 3.18. The standard InChI is InChI=1S/C18H22N4O/c1-11(2)17-19-9-14(10-20-17)18(23)22-16(13-7-8-13)15-6-4-5-12(3)21-15/h4-6,9-11,13,16H,7-8H2,1-3H3,(H,22,23)/t16-/m0/s1. The summed E-state index contributed by atoms with van der Waals surface area (Å²) in [6, 6.07) is 5.90. The third-order valence-corrected chi connectivity index (χ3v) is 4.06. The Balaban J connectivity index is 1.76. The molecule has 1 atom stereocenters. The van der Waals surface area contributed by atoms with Gasteiger partial charge in [-0.25, -0.2) is 9.97 Å². The summed E-state index contributed by atoms with van der Waals surface area (Å²) < 4.78 is 0. The Morgan fingerprint density at radius 1 is 1.22 bits per heavy atom. The zero-order valence-electron chi connectivity index (χ0n) is 13.8. The van der Waals surface area contributed by atoms with Crippen molar-refractivity contribution in [2.45, 2.75) is 45.6 Å². The number of aryl methyl sites for hydroxylation is 1. The molecule has 0 unspecified atom stereocenters. The fraction of sp³-hybridized carbons (Fsp3) is 0.444. The molecule has 0 spiro atoms. The number of hydrogen-bond acceptors (Lipinski definition) is 4. The minimum atomic E-state index is -0.138. The van der Waals surface area contributed by atoms with E-state index in [1.165, 1.54) is 0 Å². The van der Waals surface area contributed by atoms with Gasteiger partial charge in [0.05, 0.1) is 17.3 Å². The highest BCUT2D eigenvalue weighted by Gasteiger charge is 2.34. The highest BCUT2D eigenvalue weighted by Crippen LogP contribution is 2.40. The minimum Gasteiger partial charge on any atom is -0.343 e. The molecule has 2 heterocycles. The van der Waals surface area contributed by atoms with Crippen molar-refractivity contribution < 1.29 is 4.79 Å². The number of aromatic nitrogens is 3. The van der Waals surface area contributed by atoms with Gasteiger partial charge in [0.25, 0.3) is 5.91 Å². The topological polar surface area (TPSA) is 67.8 Å². The van der Waals surface area contributed by atoms with E-state index in [1.807, 2.05) is 39.0 Å². The van der Waals surface area contributed by atoms with Crippen molar-refractivity contribution >= 4 is 5.91 Å². The summed E-state index contributed by atoms with van der Waals surface area (Å²) in [6.45, 7) is 6.02. The molecular weight excluding hydrogens is 288 g/mol. The lowest BCUT2D eigenvalue weighted by molar-refractivity contribution is 0.0929. The average Bonchev–Trinajstić information content (AvgIpc) is 3.37. The van der Waals surface area contributed by atoms with E-state index in [9.17, 15) is 4.79 Å². The summed E-state index contributed by atoms with van der Waals surface area (Å²) in [6.07, 6.45) is 5.46. The van der Waals surface area contributed by atoms with Crippen molar-refractivity contribution in [2.75, 3.05) is 0 Å². The molecule has 0 aromatic carbocycles. The van der Waals surface area contributed by atoms with E-state index in [-0.39, 0.29) is 17.9 Å². The van der Waals surface area contributed by atoms with Crippen molar-refractivity contribution in [3.8, 4) is 0 Å². The SMILES string of the molecule is Cc1cccc([C@@H](NC(=O)c2cnc(C(C)C)nc2)C2CC2)n1. The molecule has 1 saturated carbocycles. The van der Waals surface area contributed by atoms with Crippen LogP contribution in [-0.2, 0) is 0 Å². The molecule has 1 fully saturated rings. The molecule has 0 aliphatic heterocycles. The van der Waals surface area contributed by atoms with Crippen LogP contribution in [0.15, 0.2) is 30.6 Å². The van der Waals surface area contributed by atoms with Gasteiger partial charge in [0.2, 0.25) is 0 Å². The zero-order valence-corrected chi connectivity index (χ0v) is 13.8. The van der Waals surface area contributed by atoms with Gasteiger partial charge in [-0.15, -0.1) is 0 Å². The zero-order chi connectivity index (χ0) is 16.4. The highest BCUT2D eigenvalue weighted by molar-refractivity contribution is 5.93. The molecule has 5 heteroatoms. The van der Waals surface area contributed by atoms with Crippen LogP contribution < -0.4 is 5.32 Å². The summed E-state index contributed by atoms with van der Waals surface area (Å²) in [7, 11) is 0. The maximum atomic E-state index is 12.5. The molecule has 23 heavy (non-hydrogen) atoms. The van der Waals surface area contributed by atoms with Crippen molar-refractivity contribution in [1.29, 1.82) is 0 Å². The highest BCUT2D eigenvalue weighted by atomic mass is 16.1. The fourth-order valence-corrected chi connectivity index (χ4v) is 2.58. The van der Waals surface area contributed by atoms with Crippen LogP contribution in [0.4, 0.5) is 0 Å². The number of hydrogen-bond donors (Lipinski definition) is 1. The molecule has 0 bridgehead atoms. The first-order valence-corrected chi connectivity index (χ1v) is 8.11. The van der Waals surface area contributed by atoms with Crippen molar-refractivity contribution in [3.63, 3.8) is 0 Å². The predicted molar refractivity (Wildman–Crippen MR) is 88.0 cm³/mol. The second-order valence-electron chi connectivity index (χ2n) is 6.48. The Bertz CT molecular complexity index is 692. The van der Waals surface area contributed by atoms with Gasteiger partial charge < -0.3 is 5.32 Å². The van der Waals surface area contributed by atoms with E-state index >= 15 is 0 Å². The first-order valence-electron chi connectivity index (χ1n) is 8.11. The van der Waals surface area contributed by atoms with Crippen molar-refractivity contribution in [2.24, 2.45) is 5.92 Å². The Morgan fingerprint density at radius 2 is 1.91 bits per heavy atom. The summed E-state index contributed by atoms with van der Waals surface area (Å²) in [5.41, 5.74) is 2.39. The number of nitrogens with one attached hydrogen (secondary N) is 1. The summed E-state index contributed by atoms with van der Waals surface area (Å²) >= 11 is 0. The number of pyridine rings is 1. The Labute approximate surface area is 136 Å². The van der Waals surface area contributed by atoms with Crippen molar-refractivity contribution in [3.05, 3.63) is 53.4 Å². The second kappa shape index (κ2) is 6.44. The molecule has 1 N–H and O–H groups in total. The first-order chi connectivity index (χ1) is 11.0. The van der Waals surface area contributed by atoms with Crippen LogP contribution in [0.1, 0.15) is 66.2 Å². The van der Waals surface area contributed by atoms with Gasteiger partial charge in [-0.3, -0.25) is 9.78 Å². The monoisotopic (exact) mass is 310 g/mol. The summed E-state index contributed by atoms with van der Waals surface area (Å²) in [5.74, 6) is 1.34. The van der Waals surface area contributed by atoms with Gasteiger partial charge in [-0.1, -0.05) is 19.9 Å². The normalized spacial score (nSPS) is 15.5. The van der Waals surface area contributed by atoms with Gasteiger partial charge in [-0.05, 0) is 37.8 Å². The third kappa shape index (κ3) is 3.73. The maximum Gasteiger partial charge on any atom is 0.254 e. The molecule has 2 aromatic heterocycles. The Kier molecular flexibility index (Phi) is 4.37. The fourth-order valence-electron chi connectivity index (χ4n) is 2.58.